The van der Waals surface area contributed by atoms with Crippen LogP contribution in [-0.2, 0) is 9.53 Å². The fraction of sp³-hybridized carbons (Fsp3) is 0.188. The highest BCUT2D eigenvalue weighted by molar-refractivity contribution is 6.36. The monoisotopic (exact) mass is 356 g/mol. The van der Waals surface area contributed by atoms with Crippen LogP contribution in [0.4, 0.5) is 0 Å². The minimum atomic E-state index is -0.713. The lowest BCUT2D eigenvalue weighted by atomic mass is 10.3. The van der Waals surface area contributed by atoms with Crippen LogP contribution in [0.3, 0.4) is 0 Å². The van der Waals surface area contributed by atoms with Crippen molar-refractivity contribution in [3.05, 3.63) is 46.4 Å². The molecule has 1 atom stereocenters. The van der Waals surface area contributed by atoms with Gasteiger partial charge in [0, 0.05) is 6.07 Å². The second-order valence-corrected chi connectivity index (χ2v) is 5.41. The summed E-state index contributed by atoms with van der Waals surface area (Å²) in [5.74, 6) is 0.642. The van der Waals surface area contributed by atoms with Crippen molar-refractivity contribution in [2.45, 2.75) is 13.0 Å². The van der Waals surface area contributed by atoms with Gasteiger partial charge in [0.1, 0.15) is 23.0 Å². The van der Waals surface area contributed by atoms with Crippen LogP contribution in [0.25, 0.3) is 0 Å². The Bertz CT molecular complexity index is 700. The van der Waals surface area contributed by atoms with Crippen molar-refractivity contribution >= 4 is 29.2 Å². The predicted octanol–water partition coefficient (Wildman–Crippen LogP) is 4.43. The largest absolute Gasteiger partial charge is 0.506 e. The van der Waals surface area contributed by atoms with Crippen molar-refractivity contribution in [3.63, 3.8) is 0 Å². The molecule has 0 aliphatic heterocycles. The fourth-order valence-electron chi connectivity index (χ4n) is 1.73. The Morgan fingerprint density at radius 1 is 1.09 bits per heavy atom. The van der Waals surface area contributed by atoms with Gasteiger partial charge in [0.05, 0.1) is 17.2 Å². The van der Waals surface area contributed by atoms with Gasteiger partial charge in [0.15, 0.2) is 6.10 Å². The van der Waals surface area contributed by atoms with Gasteiger partial charge >= 0.3 is 5.97 Å². The number of phenolic OH excluding ortho intramolecular Hbond substituents is 1. The zero-order valence-corrected chi connectivity index (χ0v) is 13.9. The van der Waals surface area contributed by atoms with E-state index in [0.717, 1.165) is 0 Å². The molecule has 2 aromatic rings. The Balaban J connectivity index is 2.08. The standard InChI is InChI=1S/C16H14Cl2O5/c1-9(16(20)21-2)22-10-3-5-11(6-4-10)23-15-8-14(19)12(17)7-13(15)18/h3-9,19H,1-2H3/t9-/m1/s1. The van der Waals surface area contributed by atoms with E-state index in [4.69, 9.17) is 32.7 Å². The summed E-state index contributed by atoms with van der Waals surface area (Å²) >= 11 is 11.8. The third kappa shape index (κ3) is 4.43. The molecule has 0 fully saturated rings. The van der Waals surface area contributed by atoms with E-state index in [1.54, 1.807) is 31.2 Å². The van der Waals surface area contributed by atoms with Crippen LogP contribution >= 0.6 is 23.2 Å². The SMILES string of the molecule is COC(=O)[C@@H](C)Oc1ccc(Oc2cc(O)c(Cl)cc2Cl)cc1. The number of hydrogen-bond donors (Lipinski definition) is 1. The molecule has 0 aliphatic carbocycles. The average Bonchev–Trinajstić information content (AvgIpc) is 2.53. The first-order valence-electron chi connectivity index (χ1n) is 6.61. The van der Waals surface area contributed by atoms with Crippen LogP contribution in [0.2, 0.25) is 10.0 Å². The maximum atomic E-state index is 11.3. The summed E-state index contributed by atoms with van der Waals surface area (Å²) < 4.78 is 15.6. The van der Waals surface area contributed by atoms with Crippen LogP contribution in [-0.4, -0.2) is 24.3 Å². The number of ether oxygens (including phenoxy) is 3. The van der Waals surface area contributed by atoms with Crippen molar-refractivity contribution in [2.75, 3.05) is 7.11 Å². The molecule has 0 aromatic heterocycles. The van der Waals surface area contributed by atoms with E-state index in [1.807, 2.05) is 0 Å². The van der Waals surface area contributed by atoms with Gasteiger partial charge in [-0.15, -0.1) is 0 Å². The maximum absolute atomic E-state index is 11.3. The summed E-state index contributed by atoms with van der Waals surface area (Å²) in [6.07, 6.45) is -0.713. The second-order valence-electron chi connectivity index (χ2n) is 4.59. The number of carbonyl (C=O) groups is 1. The Morgan fingerprint density at radius 3 is 2.30 bits per heavy atom. The summed E-state index contributed by atoms with van der Waals surface area (Å²) in [6.45, 7) is 1.59. The zero-order chi connectivity index (χ0) is 17.0. The molecule has 7 heteroatoms. The lowest BCUT2D eigenvalue weighted by Gasteiger charge is -2.13. The van der Waals surface area contributed by atoms with E-state index < -0.39 is 12.1 Å². The molecule has 5 nitrogen and oxygen atoms in total. The molecule has 0 saturated heterocycles. The van der Waals surface area contributed by atoms with Gasteiger partial charge in [-0.25, -0.2) is 4.79 Å². The van der Waals surface area contributed by atoms with Crippen LogP contribution in [0.5, 0.6) is 23.0 Å². The molecule has 0 saturated carbocycles. The minimum Gasteiger partial charge on any atom is -0.506 e. The van der Waals surface area contributed by atoms with Crippen molar-refractivity contribution in [2.24, 2.45) is 0 Å². The van der Waals surface area contributed by atoms with Gasteiger partial charge in [-0.1, -0.05) is 23.2 Å². The third-order valence-electron chi connectivity index (χ3n) is 2.90. The normalized spacial score (nSPS) is 11.7. The Labute approximate surface area is 143 Å². The fourth-order valence-corrected chi connectivity index (χ4v) is 2.15. The van der Waals surface area contributed by atoms with Gasteiger partial charge in [0.25, 0.3) is 0 Å². The zero-order valence-electron chi connectivity index (χ0n) is 12.4. The number of rotatable bonds is 5. The van der Waals surface area contributed by atoms with E-state index in [-0.39, 0.29) is 21.5 Å². The van der Waals surface area contributed by atoms with Crippen molar-refractivity contribution < 1.29 is 24.1 Å². The highest BCUT2D eigenvalue weighted by Crippen LogP contribution is 2.37. The molecule has 0 heterocycles. The first kappa shape index (κ1) is 17.2. The van der Waals surface area contributed by atoms with Gasteiger partial charge in [-0.05, 0) is 37.3 Å². The number of hydrogen-bond acceptors (Lipinski definition) is 5. The van der Waals surface area contributed by atoms with Crippen LogP contribution in [0.1, 0.15) is 6.92 Å². The molecular weight excluding hydrogens is 343 g/mol. The van der Waals surface area contributed by atoms with E-state index in [2.05, 4.69) is 4.74 Å². The number of carbonyl (C=O) groups excluding carboxylic acids is 1. The number of esters is 1. The summed E-state index contributed by atoms with van der Waals surface area (Å²) in [4.78, 5) is 11.3. The van der Waals surface area contributed by atoms with E-state index in [9.17, 15) is 9.90 Å². The van der Waals surface area contributed by atoms with Crippen LogP contribution in [0, 0.1) is 0 Å². The summed E-state index contributed by atoms with van der Waals surface area (Å²) in [6, 6.07) is 9.28. The van der Waals surface area contributed by atoms with E-state index in [1.165, 1.54) is 19.2 Å². The van der Waals surface area contributed by atoms with E-state index in [0.29, 0.717) is 11.5 Å². The molecule has 2 rings (SSSR count). The van der Waals surface area contributed by atoms with E-state index >= 15 is 0 Å². The lowest BCUT2D eigenvalue weighted by molar-refractivity contribution is -0.147. The van der Waals surface area contributed by atoms with Gasteiger partial charge < -0.3 is 19.3 Å². The molecule has 122 valence electrons. The number of benzene rings is 2. The molecular formula is C16H14Cl2O5. The summed E-state index contributed by atoms with van der Waals surface area (Å²) in [5, 5.41) is 10.00. The quantitative estimate of drug-likeness (QED) is 0.802. The van der Waals surface area contributed by atoms with Crippen LogP contribution in [0.15, 0.2) is 36.4 Å². The molecule has 0 amide bonds. The Hall–Kier alpha value is -2.11. The molecule has 23 heavy (non-hydrogen) atoms. The van der Waals surface area contributed by atoms with Crippen molar-refractivity contribution in [3.8, 4) is 23.0 Å². The molecule has 0 unspecified atom stereocenters. The molecule has 2 aromatic carbocycles. The summed E-state index contributed by atoms with van der Waals surface area (Å²) in [7, 11) is 1.30. The predicted molar refractivity (Wildman–Crippen MR) is 86.7 cm³/mol. The maximum Gasteiger partial charge on any atom is 0.346 e. The Morgan fingerprint density at radius 2 is 1.70 bits per heavy atom. The molecule has 0 radical (unpaired) electrons. The first-order valence-corrected chi connectivity index (χ1v) is 7.36. The van der Waals surface area contributed by atoms with Gasteiger partial charge in [-0.2, -0.15) is 0 Å². The third-order valence-corrected chi connectivity index (χ3v) is 3.50. The molecule has 1 N–H and O–H groups in total. The number of methoxy groups -OCH3 is 1. The lowest BCUT2D eigenvalue weighted by Crippen LogP contribution is -2.24. The number of phenols is 1. The highest BCUT2D eigenvalue weighted by atomic mass is 35.5. The minimum absolute atomic E-state index is 0.127. The second kappa shape index (κ2) is 7.44. The van der Waals surface area contributed by atoms with Crippen molar-refractivity contribution in [1.82, 2.24) is 0 Å². The number of aromatic hydroxyl groups is 1. The van der Waals surface area contributed by atoms with Crippen molar-refractivity contribution in [1.29, 1.82) is 0 Å². The molecule has 0 spiro atoms. The first-order chi connectivity index (χ1) is 10.9. The summed E-state index contributed by atoms with van der Waals surface area (Å²) in [5.41, 5.74) is 0. The molecule has 0 aliphatic rings. The highest BCUT2D eigenvalue weighted by Gasteiger charge is 2.15. The van der Waals surface area contributed by atoms with Crippen LogP contribution < -0.4 is 9.47 Å². The number of halogens is 2. The Kier molecular flexibility index (Phi) is 5.58. The molecule has 0 bridgehead atoms. The average molecular weight is 357 g/mol. The smallest absolute Gasteiger partial charge is 0.346 e. The van der Waals surface area contributed by atoms with Gasteiger partial charge in [-0.3, -0.25) is 0 Å². The topological polar surface area (TPSA) is 65.0 Å². The van der Waals surface area contributed by atoms with Gasteiger partial charge in [0.2, 0.25) is 0 Å².